The van der Waals surface area contributed by atoms with Gasteiger partial charge in [-0.05, 0) is 24.1 Å². The van der Waals surface area contributed by atoms with E-state index in [1.807, 2.05) is 42.6 Å². The minimum Gasteiger partial charge on any atom is -0.372 e. The highest BCUT2D eigenvalue weighted by atomic mass is 19.4. The third-order valence-corrected chi connectivity index (χ3v) is 4.48. The van der Waals surface area contributed by atoms with Gasteiger partial charge < -0.3 is 15.4 Å². The number of amides is 2. The van der Waals surface area contributed by atoms with E-state index in [1.54, 1.807) is 0 Å². The van der Waals surface area contributed by atoms with Crippen molar-refractivity contribution < 1.29 is 27.5 Å². The normalized spacial score (nSPS) is 13.5. The van der Waals surface area contributed by atoms with Gasteiger partial charge in [0.15, 0.2) is 0 Å². The molecule has 0 aromatic heterocycles. The predicted molar refractivity (Wildman–Crippen MR) is 98.5 cm³/mol. The predicted octanol–water partition coefficient (Wildman–Crippen LogP) is 3.71. The number of benzene rings is 2. The Morgan fingerprint density at radius 3 is 2.14 bits per heavy atom. The van der Waals surface area contributed by atoms with Gasteiger partial charge in [-0.1, -0.05) is 49.4 Å². The molecule has 5 nitrogen and oxygen atoms in total. The summed E-state index contributed by atoms with van der Waals surface area (Å²) >= 11 is 0. The van der Waals surface area contributed by atoms with Gasteiger partial charge in [0.1, 0.15) is 5.60 Å². The fourth-order valence-electron chi connectivity index (χ4n) is 2.83. The average Bonchev–Trinajstić information content (AvgIpc) is 2.69. The summed E-state index contributed by atoms with van der Waals surface area (Å²) in [4.78, 5) is 24.2. The summed E-state index contributed by atoms with van der Waals surface area (Å²) in [7, 11) is 1.49. The molecule has 2 amide bonds. The molecule has 2 N–H and O–H groups in total. The Hall–Kier alpha value is -2.87. The van der Waals surface area contributed by atoms with Crippen LogP contribution in [0.2, 0.25) is 0 Å². The molecule has 2 aromatic carbocycles. The maximum absolute atomic E-state index is 13.0. The Bertz CT molecular complexity index is 819. The monoisotopic (exact) mass is 394 g/mol. The molecule has 0 aliphatic carbocycles. The Kier molecular flexibility index (Phi) is 6.80. The molecular formula is C20H21F3N2O3. The number of hydrogen-bond donors (Lipinski definition) is 2. The number of para-hydroxylation sites is 1. The van der Waals surface area contributed by atoms with Crippen LogP contribution in [0.25, 0.3) is 0 Å². The van der Waals surface area contributed by atoms with Crippen molar-refractivity contribution in [2.24, 2.45) is 0 Å². The summed E-state index contributed by atoms with van der Waals surface area (Å²) in [5, 5.41) is 4.46. The van der Waals surface area contributed by atoms with E-state index in [9.17, 15) is 22.8 Å². The molecule has 28 heavy (non-hydrogen) atoms. The van der Waals surface area contributed by atoms with Gasteiger partial charge in [0.25, 0.3) is 0 Å². The van der Waals surface area contributed by atoms with Crippen molar-refractivity contribution in [1.82, 2.24) is 5.32 Å². The molecule has 1 atom stereocenters. The second kappa shape index (κ2) is 8.88. The first-order valence-corrected chi connectivity index (χ1v) is 8.59. The van der Waals surface area contributed by atoms with Crippen LogP contribution in [0.5, 0.6) is 0 Å². The summed E-state index contributed by atoms with van der Waals surface area (Å²) in [6.45, 7) is 1.85. The quantitative estimate of drug-likeness (QED) is 0.734. The molecule has 1 unspecified atom stereocenters. The molecule has 0 radical (unpaired) electrons. The van der Waals surface area contributed by atoms with Crippen molar-refractivity contribution in [2.45, 2.75) is 25.1 Å². The zero-order valence-electron chi connectivity index (χ0n) is 15.5. The lowest BCUT2D eigenvalue weighted by molar-refractivity contribution is -0.138. The Labute approximate surface area is 160 Å². The third kappa shape index (κ3) is 4.89. The number of anilines is 1. The van der Waals surface area contributed by atoms with Crippen LogP contribution < -0.4 is 10.6 Å². The largest absolute Gasteiger partial charge is 0.418 e. The molecule has 0 saturated heterocycles. The smallest absolute Gasteiger partial charge is 0.372 e. The number of nitrogens with one attached hydrogen (secondary N) is 2. The first-order chi connectivity index (χ1) is 13.2. The maximum atomic E-state index is 13.0. The number of hydrogen-bond acceptors (Lipinski definition) is 3. The van der Waals surface area contributed by atoms with Crippen LogP contribution in [0.15, 0.2) is 54.6 Å². The molecule has 2 rings (SSSR count). The topological polar surface area (TPSA) is 67.4 Å². The van der Waals surface area contributed by atoms with Gasteiger partial charge in [-0.15, -0.1) is 0 Å². The van der Waals surface area contributed by atoms with Gasteiger partial charge in [-0.25, -0.2) is 0 Å². The van der Waals surface area contributed by atoms with E-state index in [1.165, 1.54) is 19.2 Å². The Balaban J connectivity index is 2.10. The highest BCUT2D eigenvalue weighted by molar-refractivity contribution is 6.39. The summed E-state index contributed by atoms with van der Waals surface area (Å²) in [5.74, 6) is -2.24. The standard InChI is InChI=1S/C20H21F3N2O3/c1-3-19(28-2,14-9-5-4-6-10-14)13-24-17(26)18(27)25-16-12-8-7-11-15(16)20(21,22)23/h4-12H,3,13H2,1-2H3,(H,24,26)(H,25,27). The van der Waals surface area contributed by atoms with E-state index in [2.05, 4.69) is 5.32 Å². The van der Waals surface area contributed by atoms with Crippen LogP contribution in [0, 0.1) is 0 Å². The van der Waals surface area contributed by atoms with Crippen LogP contribution in [-0.2, 0) is 26.1 Å². The fourth-order valence-corrected chi connectivity index (χ4v) is 2.83. The summed E-state index contributed by atoms with van der Waals surface area (Å²) in [6.07, 6.45) is -4.15. The van der Waals surface area contributed by atoms with Gasteiger partial charge in [-0.3, -0.25) is 9.59 Å². The van der Waals surface area contributed by atoms with Crippen molar-refractivity contribution in [2.75, 3.05) is 19.0 Å². The second-order valence-electron chi connectivity index (χ2n) is 6.10. The van der Waals surface area contributed by atoms with Crippen LogP contribution in [0.3, 0.4) is 0 Å². The van der Waals surface area contributed by atoms with E-state index in [0.29, 0.717) is 6.42 Å². The lowest BCUT2D eigenvalue weighted by Gasteiger charge is -2.32. The van der Waals surface area contributed by atoms with Crippen molar-refractivity contribution in [3.05, 3.63) is 65.7 Å². The number of alkyl halides is 3. The molecule has 0 aliphatic rings. The number of ether oxygens (including phenoxy) is 1. The second-order valence-corrected chi connectivity index (χ2v) is 6.10. The molecule has 0 heterocycles. The zero-order chi connectivity index (χ0) is 20.8. The van der Waals surface area contributed by atoms with Crippen LogP contribution in [-0.4, -0.2) is 25.5 Å². The minimum atomic E-state index is -4.65. The lowest BCUT2D eigenvalue weighted by Crippen LogP contribution is -2.45. The summed E-state index contributed by atoms with van der Waals surface area (Å²) in [6, 6.07) is 13.6. The van der Waals surface area contributed by atoms with Crippen molar-refractivity contribution in [1.29, 1.82) is 0 Å². The average molecular weight is 394 g/mol. The fraction of sp³-hybridized carbons (Fsp3) is 0.300. The van der Waals surface area contributed by atoms with Crippen LogP contribution >= 0.6 is 0 Å². The van der Waals surface area contributed by atoms with E-state index in [4.69, 9.17) is 4.74 Å². The van der Waals surface area contributed by atoms with Gasteiger partial charge in [-0.2, -0.15) is 13.2 Å². The number of carbonyl (C=O) groups excluding carboxylic acids is 2. The van der Waals surface area contributed by atoms with E-state index in [-0.39, 0.29) is 6.54 Å². The summed E-state index contributed by atoms with van der Waals surface area (Å²) in [5.41, 5.74) is -1.56. The molecule has 150 valence electrons. The number of rotatable bonds is 6. The van der Waals surface area contributed by atoms with Crippen molar-refractivity contribution >= 4 is 17.5 Å². The molecule has 0 aliphatic heterocycles. The first-order valence-electron chi connectivity index (χ1n) is 8.59. The summed E-state index contributed by atoms with van der Waals surface area (Å²) < 4.78 is 44.6. The molecular weight excluding hydrogens is 373 g/mol. The molecule has 0 bridgehead atoms. The Morgan fingerprint density at radius 1 is 0.964 bits per heavy atom. The van der Waals surface area contributed by atoms with Crippen LogP contribution in [0.4, 0.5) is 18.9 Å². The van der Waals surface area contributed by atoms with E-state index >= 15 is 0 Å². The van der Waals surface area contributed by atoms with Crippen molar-refractivity contribution in [3.8, 4) is 0 Å². The highest BCUT2D eigenvalue weighted by Gasteiger charge is 2.35. The van der Waals surface area contributed by atoms with Gasteiger partial charge in [0, 0.05) is 7.11 Å². The maximum Gasteiger partial charge on any atom is 0.418 e. The minimum absolute atomic E-state index is 0.0167. The first kappa shape index (κ1) is 21.4. The van der Waals surface area contributed by atoms with Gasteiger partial charge in [0.05, 0.1) is 17.8 Å². The highest BCUT2D eigenvalue weighted by Crippen LogP contribution is 2.34. The SMILES string of the molecule is CCC(CNC(=O)C(=O)Nc1ccccc1C(F)(F)F)(OC)c1ccccc1. The number of halogens is 3. The van der Waals surface area contributed by atoms with Gasteiger partial charge in [0.2, 0.25) is 0 Å². The van der Waals surface area contributed by atoms with Crippen molar-refractivity contribution in [3.63, 3.8) is 0 Å². The molecule has 2 aromatic rings. The molecule has 0 saturated carbocycles. The van der Waals surface area contributed by atoms with E-state index in [0.717, 1.165) is 17.7 Å². The number of carbonyl (C=O) groups is 2. The Morgan fingerprint density at radius 2 is 1.57 bits per heavy atom. The number of methoxy groups -OCH3 is 1. The lowest BCUT2D eigenvalue weighted by atomic mass is 9.90. The van der Waals surface area contributed by atoms with Crippen LogP contribution in [0.1, 0.15) is 24.5 Å². The molecule has 0 spiro atoms. The van der Waals surface area contributed by atoms with Gasteiger partial charge >= 0.3 is 18.0 Å². The molecule has 8 heteroatoms. The zero-order valence-corrected chi connectivity index (χ0v) is 15.5. The molecule has 0 fully saturated rings. The third-order valence-electron chi connectivity index (χ3n) is 4.48. The van der Waals surface area contributed by atoms with E-state index < -0.39 is 34.8 Å².